The highest BCUT2D eigenvalue weighted by Crippen LogP contribution is 2.44. The third-order valence-corrected chi connectivity index (χ3v) is 7.17. The molecule has 3 aromatic rings. The molecule has 1 aliphatic rings. The molecule has 138 valence electrons. The molecular weight excluding hydrogens is 356 g/mol. The fourth-order valence-electron chi connectivity index (χ4n) is 3.98. The third-order valence-electron chi connectivity index (χ3n) is 5.13. The van der Waals surface area contributed by atoms with Gasteiger partial charge in [0.25, 0.3) is 0 Å². The summed E-state index contributed by atoms with van der Waals surface area (Å²) in [5.41, 5.74) is 6.01. The Bertz CT molecular complexity index is 1080. The van der Waals surface area contributed by atoms with Crippen LogP contribution in [0.3, 0.4) is 0 Å². The first-order chi connectivity index (χ1) is 13.5. The first kappa shape index (κ1) is 18.4. The highest BCUT2D eigenvalue weighted by molar-refractivity contribution is 6.96. The van der Waals surface area contributed by atoms with Crippen LogP contribution < -0.4 is 0 Å². The number of fused-ring (bicyclic) bond motifs is 1. The summed E-state index contributed by atoms with van der Waals surface area (Å²) in [5.74, 6) is 0.145. The molecule has 0 aromatic heterocycles. The van der Waals surface area contributed by atoms with Gasteiger partial charge in [-0.05, 0) is 33.5 Å². The highest BCUT2D eigenvalue weighted by atomic mass is 28.3. The van der Waals surface area contributed by atoms with E-state index in [0.29, 0.717) is 0 Å². The first-order valence-corrected chi connectivity index (χ1v) is 13.2. The maximum Gasteiger partial charge on any atom is 0.194 e. The lowest BCUT2D eigenvalue weighted by Crippen LogP contribution is -2.25. The Kier molecular flexibility index (Phi) is 4.74. The Morgan fingerprint density at radius 3 is 1.86 bits per heavy atom. The summed E-state index contributed by atoms with van der Waals surface area (Å²) >= 11 is 0. The fourth-order valence-corrected chi connectivity index (χ4v) is 6.01. The van der Waals surface area contributed by atoms with E-state index in [4.69, 9.17) is 0 Å². The molecule has 0 unspecified atom stereocenters. The van der Waals surface area contributed by atoms with Gasteiger partial charge in [-0.3, -0.25) is 4.79 Å². The highest BCUT2D eigenvalue weighted by Gasteiger charge is 2.36. The molecule has 0 saturated heterocycles. The lowest BCUT2D eigenvalue weighted by molar-refractivity contribution is -0.108. The number of carbonyl (C=O) groups excluding carboxylic acids is 1. The van der Waals surface area contributed by atoms with Gasteiger partial charge in [0.2, 0.25) is 0 Å². The number of Topliss-reactive ketones (excluding diaryl/α,β-unsaturated/α-hetero) is 1. The van der Waals surface area contributed by atoms with Crippen molar-refractivity contribution in [3.8, 4) is 0 Å². The second kappa shape index (κ2) is 7.21. The topological polar surface area (TPSA) is 17.1 Å². The normalized spacial score (nSPS) is 17.0. The maximum atomic E-state index is 13.7. The molecule has 1 aliphatic carbocycles. The van der Waals surface area contributed by atoms with Gasteiger partial charge in [-0.1, -0.05) is 105 Å². The number of hydrogen-bond donors (Lipinski definition) is 0. The summed E-state index contributed by atoms with van der Waals surface area (Å²) in [6.45, 7) is 6.95. The van der Waals surface area contributed by atoms with Gasteiger partial charge in [0.15, 0.2) is 5.78 Å². The number of rotatable bonds is 3. The molecule has 0 bridgehead atoms. The summed E-state index contributed by atoms with van der Waals surface area (Å²) < 4.78 is 0. The van der Waals surface area contributed by atoms with Crippen LogP contribution in [0.4, 0.5) is 0 Å². The summed E-state index contributed by atoms with van der Waals surface area (Å²) in [7, 11) is -1.79. The predicted octanol–water partition coefficient (Wildman–Crippen LogP) is 6.60. The minimum Gasteiger partial charge on any atom is -0.289 e. The number of carbonyl (C=O) groups is 1. The Morgan fingerprint density at radius 1 is 0.714 bits per heavy atom. The van der Waals surface area contributed by atoms with Crippen LogP contribution in [0.25, 0.3) is 22.4 Å². The standard InChI is InChI=1S/C26H24OSi/c1-28(2,3)26(20-14-8-5-9-15-20)24-22-17-11-10-16-21(22)23(25(24)27)18-19-12-6-4-7-13-19/h4-18H,1-3H3/b23-18+,26-24-. The largest absolute Gasteiger partial charge is 0.289 e. The van der Waals surface area contributed by atoms with Crippen LogP contribution in [-0.2, 0) is 4.79 Å². The van der Waals surface area contributed by atoms with Crippen LogP contribution in [0.5, 0.6) is 0 Å². The molecule has 2 heteroatoms. The lowest BCUT2D eigenvalue weighted by Gasteiger charge is -2.24. The van der Waals surface area contributed by atoms with Gasteiger partial charge in [-0.2, -0.15) is 0 Å². The zero-order valence-corrected chi connectivity index (χ0v) is 17.6. The third kappa shape index (κ3) is 3.32. The lowest BCUT2D eigenvalue weighted by atomic mass is 10.0. The van der Waals surface area contributed by atoms with Crippen LogP contribution in [0, 0.1) is 0 Å². The molecule has 1 nitrogen and oxygen atoms in total. The van der Waals surface area contributed by atoms with E-state index >= 15 is 0 Å². The monoisotopic (exact) mass is 380 g/mol. The van der Waals surface area contributed by atoms with Gasteiger partial charge < -0.3 is 0 Å². The van der Waals surface area contributed by atoms with E-state index in [-0.39, 0.29) is 5.78 Å². The van der Waals surface area contributed by atoms with Crippen molar-refractivity contribution in [2.45, 2.75) is 19.6 Å². The van der Waals surface area contributed by atoms with Crippen molar-refractivity contribution >= 4 is 36.3 Å². The zero-order valence-electron chi connectivity index (χ0n) is 16.6. The SMILES string of the molecule is C[Si](C)(C)/C(=C1\C(=O)/C(=C/c2ccccc2)c2ccccc21)c1ccccc1. The molecular formula is C26H24OSi. The molecule has 3 aromatic carbocycles. The molecule has 0 spiro atoms. The quantitative estimate of drug-likeness (QED) is 0.370. The molecule has 4 rings (SSSR count). The Labute approximate surface area is 168 Å². The van der Waals surface area contributed by atoms with E-state index in [0.717, 1.165) is 27.8 Å². The van der Waals surface area contributed by atoms with Crippen molar-refractivity contribution in [1.82, 2.24) is 0 Å². The van der Waals surface area contributed by atoms with Crippen LogP contribution in [0.2, 0.25) is 19.6 Å². The van der Waals surface area contributed by atoms with E-state index in [9.17, 15) is 4.79 Å². The van der Waals surface area contributed by atoms with Crippen molar-refractivity contribution in [2.75, 3.05) is 0 Å². The summed E-state index contributed by atoms with van der Waals surface area (Å²) in [6.07, 6.45) is 2.03. The Hall–Kier alpha value is -2.97. The van der Waals surface area contributed by atoms with Crippen molar-refractivity contribution < 1.29 is 4.79 Å². The van der Waals surface area contributed by atoms with E-state index in [1.807, 2.05) is 54.6 Å². The van der Waals surface area contributed by atoms with E-state index in [2.05, 4.69) is 56.0 Å². The minimum atomic E-state index is -1.79. The van der Waals surface area contributed by atoms with Crippen molar-refractivity contribution in [3.63, 3.8) is 0 Å². The van der Waals surface area contributed by atoms with Crippen molar-refractivity contribution in [3.05, 3.63) is 107 Å². The average Bonchev–Trinajstić information content (AvgIpc) is 2.95. The summed E-state index contributed by atoms with van der Waals surface area (Å²) in [5, 5.41) is 1.24. The predicted molar refractivity (Wildman–Crippen MR) is 122 cm³/mol. The average molecular weight is 381 g/mol. The van der Waals surface area contributed by atoms with Gasteiger partial charge in [-0.15, -0.1) is 0 Å². The van der Waals surface area contributed by atoms with Gasteiger partial charge in [0.1, 0.15) is 0 Å². The van der Waals surface area contributed by atoms with E-state index in [1.165, 1.54) is 10.8 Å². The molecule has 0 heterocycles. The van der Waals surface area contributed by atoms with E-state index in [1.54, 1.807) is 0 Å². The van der Waals surface area contributed by atoms with Crippen molar-refractivity contribution in [2.24, 2.45) is 0 Å². The van der Waals surface area contributed by atoms with E-state index < -0.39 is 8.07 Å². The van der Waals surface area contributed by atoms with Gasteiger partial charge in [-0.25, -0.2) is 0 Å². The zero-order chi connectivity index (χ0) is 19.7. The van der Waals surface area contributed by atoms with Gasteiger partial charge >= 0.3 is 0 Å². The molecule has 0 fully saturated rings. The van der Waals surface area contributed by atoms with Crippen LogP contribution in [-0.4, -0.2) is 13.9 Å². The van der Waals surface area contributed by atoms with Crippen molar-refractivity contribution in [1.29, 1.82) is 0 Å². The number of ketones is 1. The van der Waals surface area contributed by atoms with Crippen LogP contribution in [0.1, 0.15) is 22.3 Å². The summed E-state index contributed by atoms with van der Waals surface area (Å²) in [4.78, 5) is 13.7. The maximum absolute atomic E-state index is 13.7. The minimum absolute atomic E-state index is 0.145. The summed E-state index contributed by atoms with van der Waals surface area (Å²) in [6, 6.07) is 28.7. The molecule has 0 amide bonds. The molecule has 0 saturated carbocycles. The van der Waals surface area contributed by atoms with Gasteiger partial charge in [0.05, 0.1) is 8.07 Å². The smallest absolute Gasteiger partial charge is 0.194 e. The Balaban J connectivity index is 2.01. The van der Waals surface area contributed by atoms with Crippen LogP contribution in [0.15, 0.2) is 84.9 Å². The van der Waals surface area contributed by atoms with Crippen LogP contribution >= 0.6 is 0 Å². The second-order valence-corrected chi connectivity index (χ2v) is 13.2. The Morgan fingerprint density at radius 2 is 1.25 bits per heavy atom. The molecule has 28 heavy (non-hydrogen) atoms. The molecule has 0 N–H and O–H groups in total. The number of benzene rings is 3. The molecule has 0 aliphatic heterocycles. The number of hydrogen-bond acceptors (Lipinski definition) is 1. The number of allylic oxidation sites excluding steroid dienone is 2. The molecule has 0 atom stereocenters. The van der Waals surface area contributed by atoms with Gasteiger partial charge in [0, 0.05) is 11.1 Å². The molecule has 0 radical (unpaired) electrons. The fraction of sp³-hybridized carbons (Fsp3) is 0.115. The first-order valence-electron chi connectivity index (χ1n) is 9.68. The second-order valence-electron chi connectivity index (χ2n) is 8.21.